The van der Waals surface area contributed by atoms with Crippen molar-refractivity contribution >= 4 is 5.78 Å². The minimum Gasteiger partial charge on any atom is -0.497 e. The predicted octanol–water partition coefficient (Wildman–Crippen LogP) is 4.46. The summed E-state index contributed by atoms with van der Waals surface area (Å²) in [5.74, 6) is 1.31. The van der Waals surface area contributed by atoms with E-state index < -0.39 is 0 Å². The zero-order valence-corrected chi connectivity index (χ0v) is 12.0. The van der Waals surface area contributed by atoms with Crippen LogP contribution in [0.1, 0.15) is 41.6 Å². The van der Waals surface area contributed by atoms with Crippen LogP contribution in [0.3, 0.4) is 0 Å². The highest BCUT2D eigenvalue weighted by Crippen LogP contribution is 2.26. The Kier molecular flexibility index (Phi) is 4.94. The number of rotatable bonds is 6. The Balaban J connectivity index is 2.10. The molecule has 0 aliphatic rings. The molecule has 20 heavy (non-hydrogen) atoms. The monoisotopic (exact) mass is 268 g/mol. The van der Waals surface area contributed by atoms with Crippen molar-refractivity contribution < 1.29 is 9.53 Å². The molecule has 0 saturated heterocycles. The standard InChI is InChI=1S/C18H20O2/c1-3-14(15-9-11-17(20-2)12-10-15)13-18(19)16-7-5-4-6-8-16/h4-12,14H,3,13H2,1-2H3/t14-/m0/s1. The highest BCUT2D eigenvalue weighted by Gasteiger charge is 2.15. The molecule has 0 aliphatic heterocycles. The van der Waals surface area contributed by atoms with Crippen LogP contribution in [0.4, 0.5) is 0 Å². The van der Waals surface area contributed by atoms with E-state index in [-0.39, 0.29) is 11.7 Å². The Morgan fingerprint density at radius 1 is 1.05 bits per heavy atom. The van der Waals surface area contributed by atoms with Crippen molar-refractivity contribution in [3.05, 3.63) is 65.7 Å². The summed E-state index contributed by atoms with van der Waals surface area (Å²) >= 11 is 0. The molecule has 0 fully saturated rings. The largest absolute Gasteiger partial charge is 0.497 e. The number of ketones is 1. The number of hydrogen-bond donors (Lipinski definition) is 0. The van der Waals surface area contributed by atoms with Gasteiger partial charge in [0.2, 0.25) is 0 Å². The third-order valence-corrected chi connectivity index (χ3v) is 3.61. The average molecular weight is 268 g/mol. The molecule has 0 amide bonds. The molecule has 2 aromatic rings. The second-order valence-corrected chi connectivity index (χ2v) is 4.87. The van der Waals surface area contributed by atoms with Gasteiger partial charge in [-0.3, -0.25) is 4.79 Å². The van der Waals surface area contributed by atoms with Crippen molar-refractivity contribution in [3.63, 3.8) is 0 Å². The number of carbonyl (C=O) groups excluding carboxylic acids is 1. The van der Waals surface area contributed by atoms with Crippen molar-refractivity contribution in [2.75, 3.05) is 7.11 Å². The number of carbonyl (C=O) groups is 1. The van der Waals surface area contributed by atoms with Crippen molar-refractivity contribution in [2.24, 2.45) is 0 Å². The van der Waals surface area contributed by atoms with E-state index in [1.165, 1.54) is 5.56 Å². The summed E-state index contributed by atoms with van der Waals surface area (Å²) in [6.45, 7) is 2.12. The third-order valence-electron chi connectivity index (χ3n) is 3.61. The first-order chi connectivity index (χ1) is 9.74. The Hall–Kier alpha value is -2.09. The molecule has 0 saturated carbocycles. The van der Waals surface area contributed by atoms with Crippen LogP contribution in [0.15, 0.2) is 54.6 Å². The Morgan fingerprint density at radius 2 is 1.70 bits per heavy atom. The van der Waals surface area contributed by atoms with Gasteiger partial charge in [0, 0.05) is 12.0 Å². The van der Waals surface area contributed by atoms with E-state index in [2.05, 4.69) is 6.92 Å². The fraction of sp³-hybridized carbons (Fsp3) is 0.278. The van der Waals surface area contributed by atoms with Crippen LogP contribution in [0, 0.1) is 0 Å². The molecule has 0 aliphatic carbocycles. The Labute approximate surface area is 120 Å². The van der Waals surface area contributed by atoms with Crippen LogP contribution in [-0.2, 0) is 0 Å². The summed E-state index contributed by atoms with van der Waals surface area (Å²) in [5.41, 5.74) is 1.98. The van der Waals surface area contributed by atoms with E-state index >= 15 is 0 Å². The van der Waals surface area contributed by atoms with E-state index in [9.17, 15) is 4.79 Å². The highest BCUT2D eigenvalue weighted by molar-refractivity contribution is 5.96. The van der Waals surface area contributed by atoms with Crippen molar-refractivity contribution in [1.82, 2.24) is 0 Å². The first kappa shape index (κ1) is 14.3. The Morgan fingerprint density at radius 3 is 2.25 bits per heavy atom. The highest BCUT2D eigenvalue weighted by atomic mass is 16.5. The second-order valence-electron chi connectivity index (χ2n) is 4.87. The van der Waals surface area contributed by atoms with Crippen molar-refractivity contribution in [3.8, 4) is 5.75 Å². The van der Waals surface area contributed by atoms with Gasteiger partial charge >= 0.3 is 0 Å². The quantitative estimate of drug-likeness (QED) is 0.723. The average Bonchev–Trinajstić information content (AvgIpc) is 2.53. The van der Waals surface area contributed by atoms with E-state index in [1.807, 2.05) is 54.6 Å². The molecule has 2 aromatic carbocycles. The fourth-order valence-electron chi connectivity index (χ4n) is 2.34. The lowest BCUT2D eigenvalue weighted by molar-refractivity contribution is 0.0973. The molecule has 0 bridgehead atoms. The number of Topliss-reactive ketones (excluding diaryl/α,β-unsaturated/α-hetero) is 1. The molecule has 2 heteroatoms. The summed E-state index contributed by atoms with van der Waals surface area (Å²) in [6.07, 6.45) is 1.50. The molecule has 2 nitrogen and oxygen atoms in total. The van der Waals surface area contributed by atoms with Gasteiger partial charge in [-0.15, -0.1) is 0 Å². The lowest BCUT2D eigenvalue weighted by atomic mass is 9.89. The summed E-state index contributed by atoms with van der Waals surface area (Å²) < 4.78 is 5.17. The lowest BCUT2D eigenvalue weighted by Gasteiger charge is -2.15. The van der Waals surface area contributed by atoms with Crippen LogP contribution >= 0.6 is 0 Å². The van der Waals surface area contributed by atoms with Gasteiger partial charge in [-0.1, -0.05) is 49.4 Å². The first-order valence-corrected chi connectivity index (χ1v) is 6.96. The van der Waals surface area contributed by atoms with Gasteiger partial charge in [-0.2, -0.15) is 0 Å². The zero-order valence-electron chi connectivity index (χ0n) is 12.0. The molecule has 0 spiro atoms. The molecule has 0 radical (unpaired) electrons. The van der Waals surface area contributed by atoms with Gasteiger partial charge in [-0.05, 0) is 30.0 Å². The molecule has 0 N–H and O–H groups in total. The van der Waals surface area contributed by atoms with Gasteiger partial charge in [-0.25, -0.2) is 0 Å². The molecular formula is C18H20O2. The molecule has 0 unspecified atom stereocenters. The maximum absolute atomic E-state index is 12.3. The van der Waals surface area contributed by atoms with Crippen molar-refractivity contribution in [2.45, 2.75) is 25.7 Å². The molecule has 104 valence electrons. The predicted molar refractivity (Wildman–Crippen MR) is 81.4 cm³/mol. The van der Waals surface area contributed by atoms with Crippen molar-refractivity contribution in [1.29, 1.82) is 0 Å². The normalized spacial score (nSPS) is 11.9. The van der Waals surface area contributed by atoms with E-state index in [1.54, 1.807) is 7.11 Å². The van der Waals surface area contributed by atoms with Gasteiger partial charge < -0.3 is 4.74 Å². The van der Waals surface area contributed by atoms with Gasteiger partial charge in [0.15, 0.2) is 5.78 Å². The van der Waals surface area contributed by atoms with Crippen LogP contribution in [0.25, 0.3) is 0 Å². The summed E-state index contributed by atoms with van der Waals surface area (Å²) in [6, 6.07) is 17.5. The van der Waals surface area contributed by atoms with Crippen LogP contribution in [0.5, 0.6) is 5.75 Å². The molecular weight excluding hydrogens is 248 g/mol. The number of methoxy groups -OCH3 is 1. The van der Waals surface area contributed by atoms with Gasteiger partial charge in [0.1, 0.15) is 5.75 Å². The molecule has 2 rings (SSSR count). The molecule has 1 atom stereocenters. The topological polar surface area (TPSA) is 26.3 Å². The maximum Gasteiger partial charge on any atom is 0.163 e. The van der Waals surface area contributed by atoms with E-state index in [0.29, 0.717) is 6.42 Å². The van der Waals surface area contributed by atoms with Gasteiger partial charge in [0.05, 0.1) is 7.11 Å². The fourth-order valence-corrected chi connectivity index (χ4v) is 2.34. The minimum atomic E-state index is 0.202. The smallest absolute Gasteiger partial charge is 0.163 e. The van der Waals surface area contributed by atoms with Gasteiger partial charge in [0.25, 0.3) is 0 Å². The second kappa shape index (κ2) is 6.90. The zero-order chi connectivity index (χ0) is 14.4. The van der Waals surface area contributed by atoms with E-state index in [0.717, 1.165) is 17.7 Å². The number of ether oxygens (including phenoxy) is 1. The van der Waals surface area contributed by atoms with Crippen LogP contribution in [0.2, 0.25) is 0 Å². The van der Waals surface area contributed by atoms with E-state index in [4.69, 9.17) is 4.74 Å². The van der Waals surface area contributed by atoms with Crippen LogP contribution < -0.4 is 4.74 Å². The minimum absolute atomic E-state index is 0.202. The molecule has 0 heterocycles. The number of benzene rings is 2. The third kappa shape index (κ3) is 3.47. The maximum atomic E-state index is 12.3. The Bertz CT molecular complexity index is 543. The van der Waals surface area contributed by atoms with Crippen LogP contribution in [-0.4, -0.2) is 12.9 Å². The first-order valence-electron chi connectivity index (χ1n) is 6.96. The molecule has 0 aromatic heterocycles. The lowest BCUT2D eigenvalue weighted by Crippen LogP contribution is -2.07. The summed E-state index contributed by atoms with van der Waals surface area (Å²) in [7, 11) is 1.66. The number of hydrogen-bond acceptors (Lipinski definition) is 2. The summed E-state index contributed by atoms with van der Waals surface area (Å²) in [4.78, 5) is 12.3. The summed E-state index contributed by atoms with van der Waals surface area (Å²) in [5, 5.41) is 0. The SMILES string of the molecule is CC[C@@H](CC(=O)c1ccccc1)c1ccc(OC)cc1.